The van der Waals surface area contributed by atoms with Gasteiger partial charge in [-0.3, -0.25) is 9.59 Å². The van der Waals surface area contributed by atoms with E-state index < -0.39 is 11.4 Å². The van der Waals surface area contributed by atoms with E-state index in [0.29, 0.717) is 26.1 Å². The number of aliphatic carboxylic acids is 1. The Morgan fingerprint density at radius 1 is 1.32 bits per heavy atom. The first-order valence-corrected chi connectivity index (χ1v) is 6.88. The molecule has 0 aromatic heterocycles. The van der Waals surface area contributed by atoms with Crippen molar-refractivity contribution in [2.45, 2.75) is 32.1 Å². The molecule has 106 valence electrons. The van der Waals surface area contributed by atoms with Crippen LogP contribution in [0.2, 0.25) is 0 Å². The van der Waals surface area contributed by atoms with Crippen molar-refractivity contribution in [2.24, 2.45) is 11.3 Å². The van der Waals surface area contributed by atoms with Crippen LogP contribution in [-0.2, 0) is 14.3 Å². The maximum absolute atomic E-state index is 12.0. The highest BCUT2D eigenvalue weighted by molar-refractivity contribution is 5.81. The summed E-state index contributed by atoms with van der Waals surface area (Å²) in [6, 6.07) is 0. The summed E-state index contributed by atoms with van der Waals surface area (Å²) in [5.41, 5.74) is -0.849. The third-order valence-electron chi connectivity index (χ3n) is 4.14. The number of carbonyl (C=O) groups excluding carboxylic acids is 1. The van der Waals surface area contributed by atoms with Crippen LogP contribution in [0.15, 0.2) is 12.2 Å². The first-order valence-electron chi connectivity index (χ1n) is 6.88. The molecule has 0 aromatic carbocycles. The Morgan fingerprint density at radius 3 is 2.63 bits per heavy atom. The molecule has 0 radical (unpaired) electrons. The van der Waals surface area contributed by atoms with Crippen LogP contribution in [0.1, 0.15) is 32.1 Å². The minimum absolute atomic E-state index is 0.00399. The summed E-state index contributed by atoms with van der Waals surface area (Å²) in [5.74, 6) is -0.855. The predicted octanol–water partition coefficient (Wildman–Crippen LogP) is 1.34. The van der Waals surface area contributed by atoms with Crippen LogP contribution < -0.4 is 5.32 Å². The summed E-state index contributed by atoms with van der Waals surface area (Å²) in [4.78, 5) is 23.5. The van der Waals surface area contributed by atoms with Crippen molar-refractivity contribution in [3.8, 4) is 0 Å². The summed E-state index contributed by atoms with van der Waals surface area (Å²) >= 11 is 0. The fraction of sp³-hybridized carbons (Fsp3) is 0.714. The standard InChI is InChI=1S/C14H21NO4/c16-12(11-4-2-1-3-5-11)15-10-14(13(17)18)6-8-19-9-7-14/h1-2,11H,3-10H2,(H,15,16)(H,17,18). The minimum Gasteiger partial charge on any atom is -0.481 e. The lowest BCUT2D eigenvalue weighted by Gasteiger charge is -2.33. The molecule has 2 N–H and O–H groups in total. The van der Waals surface area contributed by atoms with Crippen LogP contribution in [0.25, 0.3) is 0 Å². The highest BCUT2D eigenvalue weighted by Gasteiger charge is 2.40. The maximum atomic E-state index is 12.0. The van der Waals surface area contributed by atoms with Gasteiger partial charge < -0.3 is 15.2 Å². The number of carboxylic acids is 1. The molecule has 1 unspecified atom stereocenters. The summed E-state index contributed by atoms with van der Waals surface area (Å²) in [5, 5.41) is 12.2. The fourth-order valence-corrected chi connectivity index (χ4v) is 2.66. The van der Waals surface area contributed by atoms with E-state index in [9.17, 15) is 14.7 Å². The van der Waals surface area contributed by atoms with Crippen molar-refractivity contribution in [1.82, 2.24) is 5.32 Å². The van der Waals surface area contributed by atoms with Crippen molar-refractivity contribution in [3.05, 3.63) is 12.2 Å². The van der Waals surface area contributed by atoms with E-state index in [0.717, 1.165) is 19.3 Å². The molecule has 1 amide bonds. The average molecular weight is 267 g/mol. The van der Waals surface area contributed by atoms with Crippen molar-refractivity contribution >= 4 is 11.9 Å². The maximum Gasteiger partial charge on any atom is 0.311 e. The molecule has 1 aliphatic heterocycles. The Kier molecular flexibility index (Phi) is 4.58. The zero-order valence-electron chi connectivity index (χ0n) is 11.1. The molecule has 1 aliphatic carbocycles. The Balaban J connectivity index is 1.89. The fourth-order valence-electron chi connectivity index (χ4n) is 2.66. The number of amides is 1. The number of carboxylic acid groups (broad SMARTS) is 1. The Morgan fingerprint density at radius 2 is 2.05 bits per heavy atom. The van der Waals surface area contributed by atoms with Gasteiger partial charge in [-0.1, -0.05) is 12.2 Å². The van der Waals surface area contributed by atoms with Gasteiger partial charge in [-0.15, -0.1) is 0 Å². The lowest BCUT2D eigenvalue weighted by molar-refractivity contribution is -0.154. The number of nitrogens with one attached hydrogen (secondary N) is 1. The van der Waals surface area contributed by atoms with Gasteiger partial charge in [-0.25, -0.2) is 0 Å². The van der Waals surface area contributed by atoms with E-state index in [1.54, 1.807) is 0 Å². The van der Waals surface area contributed by atoms with Gasteiger partial charge in [0.2, 0.25) is 5.91 Å². The molecule has 0 spiro atoms. The normalized spacial score (nSPS) is 25.8. The second kappa shape index (κ2) is 6.19. The van der Waals surface area contributed by atoms with Crippen LogP contribution in [0.4, 0.5) is 0 Å². The van der Waals surface area contributed by atoms with Crippen LogP contribution in [-0.4, -0.2) is 36.7 Å². The van der Waals surface area contributed by atoms with Gasteiger partial charge in [-0.05, 0) is 32.1 Å². The van der Waals surface area contributed by atoms with Gasteiger partial charge in [-0.2, -0.15) is 0 Å². The second-order valence-electron chi connectivity index (χ2n) is 5.40. The van der Waals surface area contributed by atoms with E-state index >= 15 is 0 Å². The van der Waals surface area contributed by atoms with Crippen molar-refractivity contribution in [3.63, 3.8) is 0 Å². The molecule has 1 atom stereocenters. The van der Waals surface area contributed by atoms with Gasteiger partial charge in [0, 0.05) is 25.7 Å². The second-order valence-corrected chi connectivity index (χ2v) is 5.40. The largest absolute Gasteiger partial charge is 0.481 e. The molecule has 5 heteroatoms. The smallest absolute Gasteiger partial charge is 0.311 e. The number of carbonyl (C=O) groups is 2. The summed E-state index contributed by atoms with van der Waals surface area (Å²) in [6.07, 6.45) is 7.58. The highest BCUT2D eigenvalue weighted by atomic mass is 16.5. The van der Waals surface area contributed by atoms with Crippen molar-refractivity contribution in [2.75, 3.05) is 19.8 Å². The van der Waals surface area contributed by atoms with Crippen molar-refractivity contribution in [1.29, 1.82) is 0 Å². The van der Waals surface area contributed by atoms with E-state index in [1.165, 1.54) is 0 Å². The zero-order chi connectivity index (χ0) is 13.7. The van der Waals surface area contributed by atoms with Gasteiger partial charge in [0.1, 0.15) is 0 Å². The van der Waals surface area contributed by atoms with Crippen molar-refractivity contribution < 1.29 is 19.4 Å². The molecule has 0 saturated carbocycles. The van der Waals surface area contributed by atoms with E-state index in [-0.39, 0.29) is 18.4 Å². The lowest BCUT2D eigenvalue weighted by atomic mass is 9.80. The Labute approximate surface area is 113 Å². The molecule has 0 bridgehead atoms. The number of hydrogen-bond acceptors (Lipinski definition) is 3. The topological polar surface area (TPSA) is 75.6 Å². The summed E-state index contributed by atoms with van der Waals surface area (Å²) in [7, 11) is 0. The quantitative estimate of drug-likeness (QED) is 0.754. The van der Waals surface area contributed by atoms with Gasteiger partial charge in [0.15, 0.2) is 0 Å². The molecular weight excluding hydrogens is 246 g/mol. The van der Waals surface area contributed by atoms with E-state index in [2.05, 4.69) is 11.4 Å². The SMILES string of the molecule is O=C(NCC1(C(=O)O)CCOCC1)C1CC=CCC1. The average Bonchev–Trinajstić information content (AvgIpc) is 2.46. The minimum atomic E-state index is -0.849. The molecule has 2 aliphatic rings. The molecule has 19 heavy (non-hydrogen) atoms. The molecule has 1 fully saturated rings. The number of hydrogen-bond donors (Lipinski definition) is 2. The molecule has 0 aromatic rings. The Hall–Kier alpha value is -1.36. The van der Waals surface area contributed by atoms with E-state index in [4.69, 9.17) is 4.74 Å². The lowest BCUT2D eigenvalue weighted by Crippen LogP contribution is -2.47. The van der Waals surface area contributed by atoms with Crippen LogP contribution >= 0.6 is 0 Å². The monoisotopic (exact) mass is 267 g/mol. The van der Waals surface area contributed by atoms with Gasteiger partial charge in [0.25, 0.3) is 0 Å². The van der Waals surface area contributed by atoms with Crippen LogP contribution in [0, 0.1) is 11.3 Å². The van der Waals surface area contributed by atoms with Crippen LogP contribution in [0.5, 0.6) is 0 Å². The zero-order valence-corrected chi connectivity index (χ0v) is 11.1. The molecule has 5 nitrogen and oxygen atoms in total. The number of rotatable bonds is 4. The van der Waals surface area contributed by atoms with E-state index in [1.807, 2.05) is 6.08 Å². The van der Waals surface area contributed by atoms with Gasteiger partial charge in [0.05, 0.1) is 5.41 Å². The molecular formula is C14H21NO4. The first kappa shape index (κ1) is 14.1. The summed E-state index contributed by atoms with van der Waals surface area (Å²) in [6.45, 7) is 1.12. The highest BCUT2D eigenvalue weighted by Crippen LogP contribution is 2.30. The van der Waals surface area contributed by atoms with Gasteiger partial charge >= 0.3 is 5.97 Å². The third kappa shape index (κ3) is 3.35. The first-order chi connectivity index (χ1) is 9.14. The molecule has 2 rings (SSSR count). The Bertz CT molecular complexity index is 372. The summed E-state index contributed by atoms with van der Waals surface area (Å²) < 4.78 is 5.21. The number of allylic oxidation sites excluding steroid dienone is 2. The van der Waals surface area contributed by atoms with Crippen LogP contribution in [0.3, 0.4) is 0 Å². The number of ether oxygens (including phenoxy) is 1. The molecule has 1 saturated heterocycles. The predicted molar refractivity (Wildman–Crippen MR) is 69.6 cm³/mol. The third-order valence-corrected chi connectivity index (χ3v) is 4.14. The molecule has 1 heterocycles.